The van der Waals surface area contributed by atoms with Gasteiger partial charge in [0, 0.05) is 36.5 Å². The first kappa shape index (κ1) is 26.7. The summed E-state index contributed by atoms with van der Waals surface area (Å²) in [6, 6.07) is 27.9. The fraction of sp³-hybridized carbons (Fsp3) is 0.0938. The Morgan fingerprint density at radius 3 is 1.82 bits per heavy atom. The fourth-order valence-electron chi connectivity index (χ4n) is 3.79. The van der Waals surface area contributed by atoms with Gasteiger partial charge in [-0.3, -0.25) is 9.59 Å². The minimum absolute atomic E-state index is 0.310. The van der Waals surface area contributed by atoms with Gasteiger partial charge in [-0.1, -0.05) is 48.2 Å². The highest BCUT2D eigenvalue weighted by Crippen LogP contribution is 2.26. The lowest BCUT2D eigenvalue weighted by Gasteiger charge is -2.14. The normalized spacial score (nSPS) is 10.0. The van der Waals surface area contributed by atoms with E-state index in [0.29, 0.717) is 39.2 Å². The van der Waals surface area contributed by atoms with Crippen molar-refractivity contribution in [2.24, 2.45) is 0 Å². The number of hydrogen-bond donors (Lipinski definition) is 2. The maximum atomic E-state index is 13.1. The molecule has 0 bridgehead atoms. The van der Waals surface area contributed by atoms with Gasteiger partial charge in [0.15, 0.2) is 0 Å². The Morgan fingerprint density at radius 2 is 1.23 bits per heavy atom. The van der Waals surface area contributed by atoms with Gasteiger partial charge in [-0.15, -0.1) is 0 Å². The number of benzene rings is 4. The Kier molecular flexibility index (Phi) is 8.40. The molecule has 39 heavy (non-hydrogen) atoms. The summed E-state index contributed by atoms with van der Waals surface area (Å²) >= 11 is 0. The number of esters is 1. The molecular formula is C32H27N3O4. The third kappa shape index (κ3) is 6.51. The maximum Gasteiger partial charge on any atom is 0.339 e. The summed E-state index contributed by atoms with van der Waals surface area (Å²) in [5.74, 6) is 4.91. The van der Waals surface area contributed by atoms with Crippen molar-refractivity contribution in [3.63, 3.8) is 0 Å². The van der Waals surface area contributed by atoms with Crippen LogP contribution in [0.3, 0.4) is 0 Å². The van der Waals surface area contributed by atoms with Crippen LogP contribution >= 0.6 is 0 Å². The zero-order chi connectivity index (χ0) is 27.8. The van der Waals surface area contributed by atoms with Crippen LogP contribution in [0.15, 0.2) is 97.1 Å². The quantitative estimate of drug-likeness (QED) is 0.263. The van der Waals surface area contributed by atoms with E-state index < -0.39 is 5.97 Å². The summed E-state index contributed by atoms with van der Waals surface area (Å²) in [6.45, 7) is 0. The van der Waals surface area contributed by atoms with Crippen molar-refractivity contribution in [1.29, 1.82) is 0 Å². The van der Waals surface area contributed by atoms with Gasteiger partial charge >= 0.3 is 5.97 Å². The Hall–Kier alpha value is -5.35. The van der Waals surface area contributed by atoms with Gasteiger partial charge < -0.3 is 20.3 Å². The molecule has 4 aromatic rings. The van der Waals surface area contributed by atoms with Crippen molar-refractivity contribution in [1.82, 2.24) is 0 Å². The van der Waals surface area contributed by atoms with Crippen LogP contribution < -0.4 is 15.5 Å². The number of methoxy groups -OCH3 is 1. The van der Waals surface area contributed by atoms with E-state index in [4.69, 9.17) is 4.74 Å². The number of nitrogens with zero attached hydrogens (tertiary/aromatic N) is 1. The Labute approximate surface area is 227 Å². The van der Waals surface area contributed by atoms with Crippen LogP contribution in [0, 0.1) is 11.8 Å². The van der Waals surface area contributed by atoms with Crippen LogP contribution in [0.5, 0.6) is 0 Å². The van der Waals surface area contributed by atoms with E-state index in [1.807, 2.05) is 37.2 Å². The molecule has 0 saturated heterocycles. The van der Waals surface area contributed by atoms with Crippen molar-refractivity contribution < 1.29 is 19.1 Å². The summed E-state index contributed by atoms with van der Waals surface area (Å²) < 4.78 is 4.88. The zero-order valence-corrected chi connectivity index (χ0v) is 21.8. The molecule has 0 saturated carbocycles. The summed E-state index contributed by atoms with van der Waals surface area (Å²) in [4.78, 5) is 40.3. The summed E-state index contributed by atoms with van der Waals surface area (Å²) in [5, 5.41) is 5.81. The highest BCUT2D eigenvalue weighted by Gasteiger charge is 2.15. The molecule has 0 spiro atoms. The standard InChI is InChI=1S/C32H27N3O4/c1-35(2)25-19-16-24(17-20-25)31(37)34-29-15-9-14-28(33-30(36)23-11-5-4-6-12-23)27(29)21-18-22-10-7-8-13-26(22)32(38)39-3/h4-17,19-20H,1-3H3,(H,33,36)(H,34,37). The number of carbonyl (C=O) groups is 3. The topological polar surface area (TPSA) is 87.7 Å². The number of carbonyl (C=O) groups excluding carboxylic acids is 3. The molecule has 0 aliphatic carbocycles. The van der Waals surface area contributed by atoms with Gasteiger partial charge in [-0.2, -0.15) is 0 Å². The monoisotopic (exact) mass is 517 g/mol. The number of anilines is 3. The number of rotatable bonds is 6. The SMILES string of the molecule is COC(=O)c1ccccc1C#Cc1c(NC(=O)c2ccccc2)cccc1NC(=O)c1ccc(N(C)C)cc1. The lowest BCUT2D eigenvalue weighted by Crippen LogP contribution is -2.16. The minimum atomic E-state index is -0.514. The van der Waals surface area contributed by atoms with Gasteiger partial charge in [0.05, 0.1) is 29.6 Å². The molecule has 4 rings (SSSR count). The Bertz CT molecular complexity index is 1570. The zero-order valence-electron chi connectivity index (χ0n) is 21.8. The van der Waals surface area contributed by atoms with Crippen molar-refractivity contribution in [2.45, 2.75) is 0 Å². The highest BCUT2D eigenvalue weighted by molar-refractivity contribution is 6.08. The van der Waals surface area contributed by atoms with Gasteiger partial charge in [-0.25, -0.2) is 4.79 Å². The molecule has 2 amide bonds. The molecule has 0 aliphatic heterocycles. The molecule has 2 N–H and O–H groups in total. The fourth-order valence-corrected chi connectivity index (χ4v) is 3.79. The molecule has 4 aromatic carbocycles. The first-order valence-electron chi connectivity index (χ1n) is 12.1. The van der Waals surface area contributed by atoms with E-state index in [9.17, 15) is 14.4 Å². The summed E-state index contributed by atoms with van der Waals surface area (Å²) in [5.41, 5.74) is 3.87. The second-order valence-corrected chi connectivity index (χ2v) is 8.73. The first-order chi connectivity index (χ1) is 18.9. The Balaban J connectivity index is 1.74. The van der Waals surface area contributed by atoms with Gasteiger partial charge in [0.25, 0.3) is 11.8 Å². The van der Waals surface area contributed by atoms with E-state index in [2.05, 4.69) is 22.5 Å². The van der Waals surface area contributed by atoms with Crippen molar-refractivity contribution in [3.8, 4) is 11.8 Å². The van der Waals surface area contributed by atoms with Gasteiger partial charge in [-0.05, 0) is 60.7 Å². The predicted molar refractivity (Wildman–Crippen MR) is 153 cm³/mol. The van der Waals surface area contributed by atoms with Gasteiger partial charge in [0.1, 0.15) is 0 Å². The summed E-state index contributed by atoms with van der Waals surface area (Å²) in [6.07, 6.45) is 0. The largest absolute Gasteiger partial charge is 0.465 e. The van der Waals surface area contributed by atoms with Crippen LogP contribution in [-0.2, 0) is 4.74 Å². The molecule has 194 valence electrons. The average molecular weight is 518 g/mol. The van der Waals surface area contributed by atoms with Crippen LogP contribution in [0.2, 0.25) is 0 Å². The molecule has 0 heterocycles. The highest BCUT2D eigenvalue weighted by atomic mass is 16.5. The Morgan fingerprint density at radius 1 is 0.667 bits per heavy atom. The number of ether oxygens (including phenoxy) is 1. The smallest absolute Gasteiger partial charge is 0.339 e. The average Bonchev–Trinajstić information content (AvgIpc) is 2.97. The molecule has 0 aromatic heterocycles. The van der Waals surface area contributed by atoms with Crippen LogP contribution in [0.4, 0.5) is 17.1 Å². The second-order valence-electron chi connectivity index (χ2n) is 8.73. The molecule has 0 atom stereocenters. The van der Waals surface area contributed by atoms with Crippen molar-refractivity contribution in [3.05, 3.63) is 125 Å². The first-order valence-corrected chi connectivity index (χ1v) is 12.1. The molecule has 0 unspecified atom stereocenters. The number of amides is 2. The molecule has 0 fully saturated rings. The van der Waals surface area contributed by atoms with Crippen molar-refractivity contribution in [2.75, 3.05) is 36.7 Å². The molecule has 7 nitrogen and oxygen atoms in total. The molecule has 0 aliphatic rings. The lowest BCUT2D eigenvalue weighted by molar-refractivity contribution is 0.0600. The second kappa shape index (κ2) is 12.3. The maximum absolute atomic E-state index is 13.1. The summed E-state index contributed by atoms with van der Waals surface area (Å²) in [7, 11) is 5.15. The molecule has 0 radical (unpaired) electrons. The van der Waals surface area contributed by atoms with E-state index in [0.717, 1.165) is 5.69 Å². The number of hydrogen-bond acceptors (Lipinski definition) is 5. The van der Waals surface area contributed by atoms with Crippen LogP contribution in [-0.4, -0.2) is 39.0 Å². The van der Waals surface area contributed by atoms with Crippen LogP contribution in [0.25, 0.3) is 0 Å². The van der Waals surface area contributed by atoms with E-state index in [-0.39, 0.29) is 11.8 Å². The predicted octanol–water partition coefficient (Wildman–Crippen LogP) is 5.44. The third-order valence-corrected chi connectivity index (χ3v) is 5.90. The number of nitrogens with one attached hydrogen (secondary N) is 2. The molecule has 7 heteroatoms. The van der Waals surface area contributed by atoms with E-state index in [1.54, 1.807) is 78.9 Å². The van der Waals surface area contributed by atoms with Crippen LogP contribution in [0.1, 0.15) is 42.2 Å². The van der Waals surface area contributed by atoms with E-state index >= 15 is 0 Å². The van der Waals surface area contributed by atoms with Crippen molar-refractivity contribution >= 4 is 34.8 Å². The molecular weight excluding hydrogens is 490 g/mol. The minimum Gasteiger partial charge on any atom is -0.465 e. The third-order valence-electron chi connectivity index (χ3n) is 5.90. The van der Waals surface area contributed by atoms with E-state index in [1.165, 1.54) is 7.11 Å². The van der Waals surface area contributed by atoms with Gasteiger partial charge in [0.2, 0.25) is 0 Å². The lowest BCUT2D eigenvalue weighted by atomic mass is 10.1.